The average molecular weight is 381 g/mol. The van der Waals surface area contributed by atoms with Crippen LogP contribution in [0.1, 0.15) is 37.4 Å². The lowest BCUT2D eigenvalue weighted by molar-refractivity contribution is 0.0727. The number of anilines is 1. The van der Waals surface area contributed by atoms with Crippen LogP contribution in [0.3, 0.4) is 0 Å². The van der Waals surface area contributed by atoms with Crippen LogP contribution < -0.4 is 5.32 Å². The van der Waals surface area contributed by atoms with Crippen LogP contribution >= 0.6 is 0 Å². The smallest absolute Gasteiger partial charge is 0.255 e. The molecule has 5 heteroatoms. The van der Waals surface area contributed by atoms with E-state index in [4.69, 9.17) is 5.26 Å². The highest BCUT2D eigenvalue weighted by molar-refractivity contribution is 6.05. The summed E-state index contributed by atoms with van der Waals surface area (Å²) >= 11 is 0. The number of carbonyl (C=O) groups is 2. The quantitative estimate of drug-likeness (QED) is 0.742. The minimum Gasteiger partial charge on any atom is -0.334 e. The van der Waals surface area contributed by atoms with Crippen molar-refractivity contribution in [1.29, 1.82) is 5.26 Å². The Labute approximate surface area is 169 Å². The molecule has 0 aromatic heterocycles. The van der Waals surface area contributed by atoms with Gasteiger partial charge in [-0.25, -0.2) is 0 Å². The van der Waals surface area contributed by atoms with Crippen LogP contribution in [0, 0.1) is 11.3 Å². The van der Waals surface area contributed by atoms with Crippen LogP contribution in [-0.4, -0.2) is 23.3 Å². The predicted octanol–water partition coefficient (Wildman–Crippen LogP) is 4.01. The summed E-state index contributed by atoms with van der Waals surface area (Å²) in [5.74, 6) is -0.234. The first-order valence-corrected chi connectivity index (χ1v) is 9.42. The molecule has 1 aliphatic rings. The number of hydrogen-bond donors (Lipinski definition) is 1. The molecule has 1 N–H and O–H groups in total. The molecular weight excluding hydrogens is 362 g/mol. The molecule has 2 amide bonds. The van der Waals surface area contributed by atoms with Crippen LogP contribution in [-0.2, 0) is 13.0 Å². The molecule has 0 saturated carbocycles. The molecule has 0 bridgehead atoms. The van der Waals surface area contributed by atoms with Crippen molar-refractivity contribution >= 4 is 17.5 Å². The topological polar surface area (TPSA) is 73.2 Å². The van der Waals surface area contributed by atoms with E-state index in [1.54, 1.807) is 36.4 Å². The van der Waals surface area contributed by atoms with Gasteiger partial charge in [0.25, 0.3) is 11.8 Å². The lowest BCUT2D eigenvalue weighted by atomic mass is 9.97. The Balaban J connectivity index is 1.47. The van der Waals surface area contributed by atoms with Gasteiger partial charge in [-0.2, -0.15) is 5.26 Å². The summed E-state index contributed by atoms with van der Waals surface area (Å²) in [4.78, 5) is 27.1. The van der Waals surface area contributed by atoms with Crippen molar-refractivity contribution in [2.24, 2.45) is 0 Å². The van der Waals surface area contributed by atoms with Crippen molar-refractivity contribution < 1.29 is 9.59 Å². The van der Waals surface area contributed by atoms with Crippen LogP contribution in [0.25, 0.3) is 0 Å². The van der Waals surface area contributed by atoms with E-state index >= 15 is 0 Å². The molecule has 0 unspecified atom stereocenters. The molecule has 4 rings (SSSR count). The molecule has 1 aliphatic heterocycles. The van der Waals surface area contributed by atoms with E-state index < -0.39 is 0 Å². The van der Waals surface area contributed by atoms with Gasteiger partial charge >= 0.3 is 0 Å². The third kappa shape index (κ3) is 4.02. The van der Waals surface area contributed by atoms with E-state index in [1.165, 1.54) is 0 Å². The third-order valence-electron chi connectivity index (χ3n) is 5.02. The second-order valence-electron chi connectivity index (χ2n) is 6.98. The minimum absolute atomic E-state index is 0.0140. The zero-order valence-corrected chi connectivity index (χ0v) is 15.8. The summed E-state index contributed by atoms with van der Waals surface area (Å²) in [6.45, 7) is 1.24. The first-order valence-electron chi connectivity index (χ1n) is 9.42. The zero-order chi connectivity index (χ0) is 20.2. The maximum absolute atomic E-state index is 12.8. The molecule has 5 nitrogen and oxygen atoms in total. The second kappa shape index (κ2) is 7.99. The Hall–Kier alpha value is -3.91. The van der Waals surface area contributed by atoms with E-state index in [0.717, 1.165) is 17.5 Å². The van der Waals surface area contributed by atoms with Gasteiger partial charge in [0.2, 0.25) is 0 Å². The monoisotopic (exact) mass is 381 g/mol. The Morgan fingerprint density at radius 3 is 2.52 bits per heavy atom. The molecule has 0 radical (unpaired) electrons. The maximum Gasteiger partial charge on any atom is 0.255 e. The number of benzene rings is 3. The van der Waals surface area contributed by atoms with E-state index in [-0.39, 0.29) is 11.8 Å². The largest absolute Gasteiger partial charge is 0.334 e. The number of amides is 2. The maximum atomic E-state index is 12.8. The number of hydrogen-bond acceptors (Lipinski definition) is 3. The summed E-state index contributed by atoms with van der Waals surface area (Å²) in [7, 11) is 0. The van der Waals surface area contributed by atoms with E-state index in [2.05, 4.69) is 5.32 Å². The van der Waals surface area contributed by atoms with Crippen molar-refractivity contribution in [2.75, 3.05) is 11.9 Å². The Morgan fingerprint density at radius 2 is 1.79 bits per heavy atom. The Bertz CT molecular complexity index is 1100. The van der Waals surface area contributed by atoms with Crippen LogP contribution in [0.15, 0.2) is 72.8 Å². The van der Waals surface area contributed by atoms with Crippen LogP contribution in [0.4, 0.5) is 5.69 Å². The van der Waals surface area contributed by atoms with Gasteiger partial charge < -0.3 is 10.2 Å². The highest BCUT2D eigenvalue weighted by Gasteiger charge is 2.24. The van der Waals surface area contributed by atoms with Gasteiger partial charge in [-0.15, -0.1) is 0 Å². The van der Waals surface area contributed by atoms with Gasteiger partial charge in [0, 0.05) is 29.9 Å². The van der Waals surface area contributed by atoms with Gasteiger partial charge in [0.1, 0.15) is 0 Å². The number of fused-ring (bicyclic) bond motifs is 1. The SMILES string of the molecule is N#Cc1ccc(C(=O)Nc2ccc3c(c2)CCN(Cc2ccccc2)C3=O)cc1. The summed E-state index contributed by atoms with van der Waals surface area (Å²) in [6, 6.07) is 23.9. The molecule has 0 atom stereocenters. The summed E-state index contributed by atoms with van der Waals surface area (Å²) in [5.41, 5.74) is 4.37. The number of rotatable bonds is 4. The molecule has 3 aromatic carbocycles. The second-order valence-corrected chi connectivity index (χ2v) is 6.98. The fourth-order valence-electron chi connectivity index (χ4n) is 3.47. The molecule has 0 aliphatic carbocycles. The Kier molecular flexibility index (Phi) is 5.08. The zero-order valence-electron chi connectivity index (χ0n) is 15.8. The molecule has 1 heterocycles. The van der Waals surface area contributed by atoms with Crippen molar-refractivity contribution in [3.63, 3.8) is 0 Å². The number of nitrogens with zero attached hydrogens (tertiary/aromatic N) is 2. The number of nitrogens with one attached hydrogen (secondary N) is 1. The number of carbonyl (C=O) groups excluding carboxylic acids is 2. The molecule has 29 heavy (non-hydrogen) atoms. The lowest BCUT2D eigenvalue weighted by Gasteiger charge is -2.29. The first-order chi connectivity index (χ1) is 14.1. The summed E-state index contributed by atoms with van der Waals surface area (Å²) < 4.78 is 0. The minimum atomic E-state index is -0.248. The van der Waals surface area contributed by atoms with Crippen LogP contribution in [0.5, 0.6) is 0 Å². The van der Waals surface area contributed by atoms with Crippen molar-refractivity contribution in [1.82, 2.24) is 4.90 Å². The molecule has 0 spiro atoms. The highest BCUT2D eigenvalue weighted by Crippen LogP contribution is 2.24. The molecular formula is C24H19N3O2. The summed E-state index contributed by atoms with van der Waals surface area (Å²) in [6.07, 6.45) is 0.745. The Morgan fingerprint density at radius 1 is 1.03 bits per heavy atom. The van der Waals surface area contributed by atoms with Gasteiger partial charge in [0.15, 0.2) is 0 Å². The van der Waals surface area contributed by atoms with E-state index in [0.29, 0.717) is 35.5 Å². The van der Waals surface area contributed by atoms with Crippen LogP contribution in [0.2, 0.25) is 0 Å². The fourth-order valence-corrected chi connectivity index (χ4v) is 3.47. The lowest BCUT2D eigenvalue weighted by Crippen LogP contribution is -2.37. The third-order valence-corrected chi connectivity index (χ3v) is 5.02. The highest BCUT2D eigenvalue weighted by atomic mass is 16.2. The van der Waals surface area contributed by atoms with Gasteiger partial charge in [-0.1, -0.05) is 30.3 Å². The van der Waals surface area contributed by atoms with Gasteiger partial charge in [-0.05, 0) is 60.0 Å². The van der Waals surface area contributed by atoms with E-state index in [1.807, 2.05) is 47.4 Å². The standard InChI is InChI=1S/C24H19N3O2/c25-15-17-6-8-19(9-7-17)23(28)26-21-10-11-22-20(14-21)12-13-27(24(22)29)16-18-4-2-1-3-5-18/h1-11,14H,12-13,16H2,(H,26,28). The fraction of sp³-hybridized carbons (Fsp3) is 0.125. The molecule has 0 fully saturated rings. The van der Waals surface area contributed by atoms with Crippen molar-refractivity contribution in [3.8, 4) is 6.07 Å². The van der Waals surface area contributed by atoms with Gasteiger partial charge in [-0.3, -0.25) is 9.59 Å². The van der Waals surface area contributed by atoms with Crippen molar-refractivity contribution in [3.05, 3.63) is 101 Å². The molecule has 0 saturated heterocycles. The first kappa shape index (κ1) is 18.5. The normalized spacial score (nSPS) is 12.8. The van der Waals surface area contributed by atoms with Gasteiger partial charge in [0.05, 0.1) is 11.6 Å². The molecule has 142 valence electrons. The van der Waals surface area contributed by atoms with E-state index in [9.17, 15) is 9.59 Å². The average Bonchev–Trinajstić information content (AvgIpc) is 2.76. The molecule has 3 aromatic rings. The number of nitriles is 1. The van der Waals surface area contributed by atoms with Crippen molar-refractivity contribution in [2.45, 2.75) is 13.0 Å². The predicted molar refractivity (Wildman–Crippen MR) is 110 cm³/mol. The summed E-state index contributed by atoms with van der Waals surface area (Å²) in [5, 5.41) is 11.7.